The van der Waals surface area contributed by atoms with E-state index in [1.54, 1.807) is 7.11 Å². The van der Waals surface area contributed by atoms with Gasteiger partial charge < -0.3 is 15.2 Å². The van der Waals surface area contributed by atoms with Crippen LogP contribution in [0.2, 0.25) is 0 Å². The zero-order chi connectivity index (χ0) is 11.8. The third-order valence-corrected chi connectivity index (χ3v) is 2.63. The first-order chi connectivity index (χ1) is 7.77. The monoisotopic (exact) mass is 223 g/mol. The lowest BCUT2D eigenvalue weighted by atomic mass is 10.2. The maximum atomic E-state index is 9.39. The minimum Gasteiger partial charge on any atom is -0.496 e. The maximum Gasteiger partial charge on any atom is 0.123 e. The molecule has 0 spiro atoms. The van der Waals surface area contributed by atoms with Crippen molar-refractivity contribution in [2.45, 2.75) is 32.4 Å². The third-order valence-electron chi connectivity index (χ3n) is 2.63. The topological polar surface area (TPSA) is 41.5 Å². The lowest BCUT2D eigenvalue weighted by Crippen LogP contribution is -2.20. The molecule has 3 heteroatoms. The molecular formula is C13H21NO2. The van der Waals surface area contributed by atoms with Crippen molar-refractivity contribution in [3.63, 3.8) is 0 Å². The van der Waals surface area contributed by atoms with Crippen LogP contribution >= 0.6 is 0 Å². The SMILES string of the molecule is CCC(O)CCNCc1ccccc1OC. The first-order valence-electron chi connectivity index (χ1n) is 5.78. The van der Waals surface area contributed by atoms with Crippen molar-refractivity contribution in [2.75, 3.05) is 13.7 Å². The summed E-state index contributed by atoms with van der Waals surface area (Å²) in [7, 11) is 1.68. The van der Waals surface area contributed by atoms with Crippen LogP contribution in [0.25, 0.3) is 0 Å². The van der Waals surface area contributed by atoms with Gasteiger partial charge in [0.2, 0.25) is 0 Å². The summed E-state index contributed by atoms with van der Waals surface area (Å²) in [4.78, 5) is 0. The van der Waals surface area contributed by atoms with Crippen LogP contribution in [0.1, 0.15) is 25.3 Å². The molecule has 16 heavy (non-hydrogen) atoms. The number of aliphatic hydroxyl groups is 1. The molecule has 0 aromatic heterocycles. The summed E-state index contributed by atoms with van der Waals surface area (Å²) in [6.45, 7) is 3.60. The number of ether oxygens (including phenoxy) is 1. The van der Waals surface area contributed by atoms with Gasteiger partial charge in [-0.15, -0.1) is 0 Å². The first kappa shape index (κ1) is 13.0. The summed E-state index contributed by atoms with van der Waals surface area (Å²) in [6, 6.07) is 7.96. The second-order valence-electron chi connectivity index (χ2n) is 3.84. The molecule has 0 saturated carbocycles. The molecule has 0 aliphatic carbocycles. The molecule has 0 heterocycles. The van der Waals surface area contributed by atoms with Gasteiger partial charge in [0.05, 0.1) is 13.2 Å². The normalized spacial score (nSPS) is 12.4. The number of para-hydroxylation sites is 1. The number of hydrogen-bond donors (Lipinski definition) is 2. The Bertz CT molecular complexity index is 302. The molecule has 0 aliphatic heterocycles. The summed E-state index contributed by atoms with van der Waals surface area (Å²) in [6.07, 6.45) is 1.42. The van der Waals surface area contributed by atoms with Gasteiger partial charge in [-0.25, -0.2) is 0 Å². The summed E-state index contributed by atoms with van der Waals surface area (Å²) in [5.41, 5.74) is 1.15. The fourth-order valence-electron chi connectivity index (χ4n) is 1.54. The zero-order valence-electron chi connectivity index (χ0n) is 10.1. The van der Waals surface area contributed by atoms with Gasteiger partial charge in [-0.2, -0.15) is 0 Å². The van der Waals surface area contributed by atoms with E-state index in [0.29, 0.717) is 0 Å². The van der Waals surface area contributed by atoms with Crippen molar-refractivity contribution >= 4 is 0 Å². The van der Waals surface area contributed by atoms with Crippen LogP contribution in [0.5, 0.6) is 5.75 Å². The van der Waals surface area contributed by atoms with Crippen molar-refractivity contribution in [3.05, 3.63) is 29.8 Å². The van der Waals surface area contributed by atoms with E-state index in [1.807, 2.05) is 31.2 Å². The molecule has 1 unspecified atom stereocenters. The molecule has 1 rings (SSSR count). The summed E-state index contributed by atoms with van der Waals surface area (Å²) < 4.78 is 5.26. The van der Waals surface area contributed by atoms with Crippen LogP contribution in [0.15, 0.2) is 24.3 Å². The van der Waals surface area contributed by atoms with Gasteiger partial charge in [0.1, 0.15) is 5.75 Å². The highest BCUT2D eigenvalue weighted by molar-refractivity contribution is 5.32. The Hall–Kier alpha value is -1.06. The van der Waals surface area contributed by atoms with E-state index in [1.165, 1.54) is 0 Å². The summed E-state index contributed by atoms with van der Waals surface area (Å²) in [5, 5.41) is 12.7. The van der Waals surface area contributed by atoms with Crippen LogP contribution in [0.3, 0.4) is 0 Å². The van der Waals surface area contributed by atoms with Crippen molar-refractivity contribution in [2.24, 2.45) is 0 Å². The van der Waals surface area contributed by atoms with Crippen molar-refractivity contribution in [1.29, 1.82) is 0 Å². The molecular weight excluding hydrogens is 202 g/mol. The van der Waals surface area contributed by atoms with Gasteiger partial charge in [0.15, 0.2) is 0 Å². The Labute approximate surface area is 97.4 Å². The van der Waals surface area contributed by atoms with Crippen LogP contribution < -0.4 is 10.1 Å². The molecule has 0 amide bonds. The molecule has 1 atom stereocenters. The molecule has 0 aliphatic rings. The number of benzene rings is 1. The number of methoxy groups -OCH3 is 1. The van der Waals surface area contributed by atoms with Gasteiger partial charge in [-0.1, -0.05) is 25.1 Å². The third kappa shape index (κ3) is 4.21. The van der Waals surface area contributed by atoms with Crippen LogP contribution in [0.4, 0.5) is 0 Å². The van der Waals surface area contributed by atoms with E-state index in [-0.39, 0.29) is 6.10 Å². The molecule has 0 fully saturated rings. The predicted molar refractivity (Wildman–Crippen MR) is 65.6 cm³/mol. The number of nitrogens with one attached hydrogen (secondary N) is 1. The predicted octanol–water partition coefficient (Wildman–Crippen LogP) is 1.95. The standard InChI is InChI=1S/C13H21NO2/c1-3-12(15)8-9-14-10-11-6-4-5-7-13(11)16-2/h4-7,12,14-15H,3,8-10H2,1-2H3. The summed E-state index contributed by atoms with van der Waals surface area (Å²) >= 11 is 0. The molecule has 0 radical (unpaired) electrons. The fraction of sp³-hybridized carbons (Fsp3) is 0.538. The number of aliphatic hydroxyl groups excluding tert-OH is 1. The Morgan fingerprint density at radius 3 is 2.81 bits per heavy atom. The van der Waals surface area contributed by atoms with E-state index in [9.17, 15) is 5.11 Å². The second-order valence-corrected chi connectivity index (χ2v) is 3.84. The van der Waals surface area contributed by atoms with Gasteiger partial charge in [-0.3, -0.25) is 0 Å². The van der Waals surface area contributed by atoms with E-state index in [4.69, 9.17) is 4.74 Å². The second kappa shape index (κ2) is 7.25. The average molecular weight is 223 g/mol. The molecule has 90 valence electrons. The van der Waals surface area contributed by atoms with Crippen molar-refractivity contribution < 1.29 is 9.84 Å². The maximum absolute atomic E-state index is 9.39. The molecule has 3 nitrogen and oxygen atoms in total. The van der Waals surface area contributed by atoms with Gasteiger partial charge >= 0.3 is 0 Å². The Morgan fingerprint density at radius 2 is 2.12 bits per heavy atom. The van der Waals surface area contributed by atoms with Crippen molar-refractivity contribution in [3.8, 4) is 5.75 Å². The van der Waals surface area contributed by atoms with Gasteiger partial charge in [-0.05, 0) is 25.5 Å². The molecule has 2 N–H and O–H groups in total. The van der Waals surface area contributed by atoms with Gasteiger partial charge in [0, 0.05) is 12.1 Å². The highest BCUT2D eigenvalue weighted by Gasteiger charge is 2.02. The molecule has 1 aromatic carbocycles. The minimum absolute atomic E-state index is 0.190. The highest BCUT2D eigenvalue weighted by Crippen LogP contribution is 2.16. The number of hydrogen-bond acceptors (Lipinski definition) is 3. The molecule has 0 bridgehead atoms. The van der Waals surface area contributed by atoms with E-state index >= 15 is 0 Å². The van der Waals surface area contributed by atoms with Crippen LogP contribution in [0, 0.1) is 0 Å². The van der Waals surface area contributed by atoms with Crippen molar-refractivity contribution in [1.82, 2.24) is 5.32 Å². The Morgan fingerprint density at radius 1 is 1.38 bits per heavy atom. The average Bonchev–Trinajstić information content (AvgIpc) is 2.34. The Balaban J connectivity index is 2.31. The quantitative estimate of drug-likeness (QED) is 0.694. The van der Waals surface area contributed by atoms with E-state index < -0.39 is 0 Å². The smallest absolute Gasteiger partial charge is 0.123 e. The first-order valence-corrected chi connectivity index (χ1v) is 5.78. The lowest BCUT2D eigenvalue weighted by molar-refractivity contribution is 0.159. The highest BCUT2D eigenvalue weighted by atomic mass is 16.5. The van der Waals surface area contributed by atoms with Crippen LogP contribution in [-0.2, 0) is 6.54 Å². The lowest BCUT2D eigenvalue weighted by Gasteiger charge is -2.11. The molecule has 1 aromatic rings. The molecule has 0 saturated heterocycles. The largest absolute Gasteiger partial charge is 0.496 e. The minimum atomic E-state index is -0.190. The number of rotatable bonds is 7. The Kier molecular flexibility index (Phi) is 5.90. The van der Waals surface area contributed by atoms with E-state index in [2.05, 4.69) is 5.32 Å². The zero-order valence-corrected chi connectivity index (χ0v) is 10.1. The summed E-state index contributed by atoms with van der Waals surface area (Å²) in [5.74, 6) is 0.908. The fourth-order valence-corrected chi connectivity index (χ4v) is 1.54. The van der Waals surface area contributed by atoms with E-state index in [0.717, 1.165) is 37.2 Å². The van der Waals surface area contributed by atoms with Crippen LogP contribution in [-0.4, -0.2) is 24.9 Å². The van der Waals surface area contributed by atoms with Gasteiger partial charge in [0.25, 0.3) is 0 Å².